The van der Waals surface area contributed by atoms with Crippen molar-refractivity contribution in [1.29, 1.82) is 0 Å². The number of amides is 1. The highest BCUT2D eigenvalue weighted by Crippen LogP contribution is 2.17. The van der Waals surface area contributed by atoms with Crippen LogP contribution in [-0.2, 0) is 0 Å². The molecule has 1 N–H and O–H groups in total. The van der Waals surface area contributed by atoms with Crippen LogP contribution in [0.1, 0.15) is 23.7 Å². The number of carbonyl (C=O) groups excluding carboxylic acids is 1. The zero-order valence-corrected chi connectivity index (χ0v) is 12.2. The molecular weight excluding hydrogens is 292 g/mol. The Balaban J connectivity index is 1.84. The first-order chi connectivity index (χ1) is 8.70. The lowest BCUT2D eigenvalue weighted by Gasteiger charge is -2.14. The van der Waals surface area contributed by atoms with E-state index in [2.05, 4.69) is 33.1 Å². The van der Waals surface area contributed by atoms with E-state index in [1.165, 1.54) is 6.42 Å². The van der Waals surface area contributed by atoms with Crippen molar-refractivity contribution in [2.24, 2.45) is 5.92 Å². The lowest BCUT2D eigenvalue weighted by molar-refractivity contribution is 0.0946. The molecule has 4 heteroatoms. The molecule has 1 heterocycles. The first-order valence-electron chi connectivity index (χ1n) is 6.45. The number of nitrogens with one attached hydrogen (secondary N) is 1. The summed E-state index contributed by atoms with van der Waals surface area (Å²) < 4.78 is 0.851. The minimum absolute atomic E-state index is 0.0115. The van der Waals surface area contributed by atoms with E-state index < -0.39 is 0 Å². The second-order valence-electron chi connectivity index (χ2n) is 4.74. The Kier molecular flexibility index (Phi) is 4.78. The van der Waals surface area contributed by atoms with Gasteiger partial charge < -0.3 is 10.2 Å². The van der Waals surface area contributed by atoms with Gasteiger partial charge in [0.05, 0.1) is 5.56 Å². The molecule has 18 heavy (non-hydrogen) atoms. The van der Waals surface area contributed by atoms with Crippen molar-refractivity contribution in [1.82, 2.24) is 10.2 Å². The molecule has 1 aromatic rings. The van der Waals surface area contributed by atoms with E-state index in [1.807, 2.05) is 24.3 Å². The van der Waals surface area contributed by atoms with Crippen molar-refractivity contribution in [3.63, 3.8) is 0 Å². The predicted octanol–water partition coefficient (Wildman–Crippen LogP) is 2.52. The zero-order valence-electron chi connectivity index (χ0n) is 10.7. The third kappa shape index (κ3) is 3.33. The minimum Gasteiger partial charge on any atom is -0.352 e. The molecule has 0 radical (unpaired) electrons. The standard InChI is InChI=1S/C14H19BrN2O/c1-2-17-8-7-11(10-17)9-16-14(18)12-5-3-4-6-13(12)15/h3-6,11H,2,7-10H2,1H3,(H,16,18). The number of nitrogens with zero attached hydrogens (tertiary/aromatic N) is 1. The summed E-state index contributed by atoms with van der Waals surface area (Å²) >= 11 is 3.40. The van der Waals surface area contributed by atoms with Gasteiger partial charge in [0.15, 0.2) is 0 Å². The zero-order chi connectivity index (χ0) is 13.0. The van der Waals surface area contributed by atoms with Gasteiger partial charge in [-0.15, -0.1) is 0 Å². The van der Waals surface area contributed by atoms with Gasteiger partial charge in [0, 0.05) is 17.6 Å². The van der Waals surface area contributed by atoms with E-state index in [1.54, 1.807) is 0 Å². The molecule has 1 fully saturated rings. The largest absolute Gasteiger partial charge is 0.352 e. The summed E-state index contributed by atoms with van der Waals surface area (Å²) in [5.74, 6) is 0.605. The van der Waals surface area contributed by atoms with Crippen molar-refractivity contribution >= 4 is 21.8 Å². The number of benzene rings is 1. The van der Waals surface area contributed by atoms with Crippen LogP contribution in [0, 0.1) is 5.92 Å². The molecule has 1 atom stereocenters. The van der Waals surface area contributed by atoms with E-state index in [-0.39, 0.29) is 5.91 Å². The smallest absolute Gasteiger partial charge is 0.252 e. The molecule has 98 valence electrons. The lowest BCUT2D eigenvalue weighted by atomic mass is 10.1. The fourth-order valence-electron chi connectivity index (χ4n) is 2.34. The van der Waals surface area contributed by atoms with Crippen molar-refractivity contribution in [3.05, 3.63) is 34.3 Å². The third-order valence-corrected chi connectivity index (χ3v) is 4.18. The first-order valence-corrected chi connectivity index (χ1v) is 7.25. The van der Waals surface area contributed by atoms with Crippen molar-refractivity contribution in [2.45, 2.75) is 13.3 Å². The van der Waals surface area contributed by atoms with Gasteiger partial charge in [-0.3, -0.25) is 4.79 Å². The SMILES string of the molecule is CCN1CCC(CNC(=O)c2ccccc2Br)C1. The topological polar surface area (TPSA) is 32.3 Å². The highest BCUT2D eigenvalue weighted by atomic mass is 79.9. The molecule has 0 saturated carbocycles. The molecule has 1 unspecified atom stereocenters. The predicted molar refractivity (Wildman–Crippen MR) is 76.7 cm³/mol. The van der Waals surface area contributed by atoms with Crippen LogP contribution in [-0.4, -0.2) is 37.0 Å². The molecule has 1 aliphatic rings. The summed E-state index contributed by atoms with van der Waals surface area (Å²) in [5, 5.41) is 3.03. The normalized spacial score (nSPS) is 20.0. The van der Waals surface area contributed by atoms with Gasteiger partial charge >= 0.3 is 0 Å². The molecule has 0 aliphatic carbocycles. The molecule has 0 bridgehead atoms. The molecule has 0 aromatic heterocycles. The van der Waals surface area contributed by atoms with Crippen molar-refractivity contribution in [2.75, 3.05) is 26.2 Å². The lowest BCUT2D eigenvalue weighted by Crippen LogP contribution is -2.31. The molecule has 2 rings (SSSR count). The second kappa shape index (κ2) is 6.34. The minimum atomic E-state index is 0.0115. The first kappa shape index (κ1) is 13.6. The summed E-state index contributed by atoms with van der Waals surface area (Å²) in [6.07, 6.45) is 1.18. The van der Waals surface area contributed by atoms with Crippen LogP contribution in [0.4, 0.5) is 0 Å². The summed E-state index contributed by atoms with van der Waals surface area (Å²) in [7, 11) is 0. The van der Waals surface area contributed by atoms with Gasteiger partial charge in [0.2, 0.25) is 0 Å². The van der Waals surface area contributed by atoms with Crippen LogP contribution in [0.15, 0.2) is 28.7 Å². The van der Waals surface area contributed by atoms with Gasteiger partial charge in [0.1, 0.15) is 0 Å². The Bertz CT molecular complexity index is 422. The van der Waals surface area contributed by atoms with Crippen LogP contribution in [0.3, 0.4) is 0 Å². The van der Waals surface area contributed by atoms with Crippen LogP contribution in [0.25, 0.3) is 0 Å². The van der Waals surface area contributed by atoms with E-state index in [0.29, 0.717) is 11.5 Å². The van der Waals surface area contributed by atoms with E-state index in [0.717, 1.165) is 30.7 Å². The monoisotopic (exact) mass is 310 g/mol. The molecule has 1 saturated heterocycles. The molecule has 1 aliphatic heterocycles. The summed E-state index contributed by atoms with van der Waals surface area (Å²) in [5.41, 5.74) is 0.711. The fraction of sp³-hybridized carbons (Fsp3) is 0.500. The Hall–Kier alpha value is -0.870. The Morgan fingerprint density at radius 3 is 2.94 bits per heavy atom. The maximum Gasteiger partial charge on any atom is 0.252 e. The van der Waals surface area contributed by atoms with Gasteiger partial charge in [-0.05, 0) is 53.5 Å². The van der Waals surface area contributed by atoms with Gasteiger partial charge in [0.25, 0.3) is 5.91 Å². The second-order valence-corrected chi connectivity index (χ2v) is 5.59. The number of hydrogen-bond acceptors (Lipinski definition) is 2. The number of hydrogen-bond donors (Lipinski definition) is 1. The number of rotatable bonds is 4. The third-order valence-electron chi connectivity index (χ3n) is 3.49. The number of likely N-dealkylation sites (tertiary alicyclic amines) is 1. The maximum absolute atomic E-state index is 12.0. The Morgan fingerprint density at radius 1 is 1.50 bits per heavy atom. The quantitative estimate of drug-likeness (QED) is 0.927. The Labute approximate surface area is 117 Å². The van der Waals surface area contributed by atoms with Crippen molar-refractivity contribution < 1.29 is 4.79 Å². The number of carbonyl (C=O) groups is 1. The summed E-state index contributed by atoms with van der Waals surface area (Å²) in [4.78, 5) is 14.4. The average Bonchev–Trinajstić information content (AvgIpc) is 2.84. The van der Waals surface area contributed by atoms with E-state index in [9.17, 15) is 4.79 Å². The molecular formula is C14H19BrN2O. The van der Waals surface area contributed by atoms with Gasteiger partial charge in [-0.1, -0.05) is 19.1 Å². The molecule has 3 nitrogen and oxygen atoms in total. The summed E-state index contributed by atoms with van der Waals surface area (Å²) in [6, 6.07) is 7.53. The maximum atomic E-state index is 12.0. The van der Waals surface area contributed by atoms with Gasteiger partial charge in [-0.2, -0.15) is 0 Å². The van der Waals surface area contributed by atoms with E-state index >= 15 is 0 Å². The van der Waals surface area contributed by atoms with Gasteiger partial charge in [-0.25, -0.2) is 0 Å². The fourth-order valence-corrected chi connectivity index (χ4v) is 2.81. The molecule has 1 amide bonds. The highest BCUT2D eigenvalue weighted by molar-refractivity contribution is 9.10. The van der Waals surface area contributed by atoms with Crippen LogP contribution < -0.4 is 5.32 Å². The van der Waals surface area contributed by atoms with Crippen LogP contribution in [0.2, 0.25) is 0 Å². The summed E-state index contributed by atoms with van der Waals surface area (Å²) in [6.45, 7) is 6.33. The molecule has 1 aromatic carbocycles. The average molecular weight is 311 g/mol. The highest BCUT2D eigenvalue weighted by Gasteiger charge is 2.21. The Morgan fingerprint density at radius 2 is 2.28 bits per heavy atom. The van der Waals surface area contributed by atoms with Crippen molar-refractivity contribution in [3.8, 4) is 0 Å². The molecule has 0 spiro atoms. The van der Waals surface area contributed by atoms with Crippen LogP contribution in [0.5, 0.6) is 0 Å². The van der Waals surface area contributed by atoms with E-state index in [4.69, 9.17) is 0 Å². The number of halogens is 1. The van der Waals surface area contributed by atoms with Crippen LogP contribution >= 0.6 is 15.9 Å².